The molecule has 2 saturated heterocycles. The van der Waals surface area contributed by atoms with E-state index >= 15 is 4.79 Å². The van der Waals surface area contributed by atoms with E-state index in [1.165, 1.54) is 20.8 Å². The summed E-state index contributed by atoms with van der Waals surface area (Å²) >= 11 is 0. The lowest BCUT2D eigenvalue weighted by Crippen LogP contribution is -2.80. The van der Waals surface area contributed by atoms with Crippen molar-refractivity contribution >= 4 is 41.6 Å². The minimum absolute atomic E-state index is 0.138. The second-order valence-corrected chi connectivity index (χ2v) is 17.2. The summed E-state index contributed by atoms with van der Waals surface area (Å²) in [6.45, 7) is 13.7. The molecule has 4 saturated carbocycles. The second-order valence-electron chi connectivity index (χ2n) is 17.2. The molecule has 296 valence electrons. The second kappa shape index (κ2) is 11.8. The molecule has 0 aromatic rings. The van der Waals surface area contributed by atoms with Gasteiger partial charge in [0, 0.05) is 70.1 Å². The van der Waals surface area contributed by atoms with Crippen molar-refractivity contribution < 1.29 is 76.9 Å². The van der Waals surface area contributed by atoms with Gasteiger partial charge in [-0.3, -0.25) is 28.8 Å². The summed E-state index contributed by atoms with van der Waals surface area (Å²) in [5, 5.41) is 24.8. The largest absolute Gasteiger partial charge is 0.462 e. The van der Waals surface area contributed by atoms with Crippen molar-refractivity contribution in [2.75, 3.05) is 0 Å². The summed E-state index contributed by atoms with van der Waals surface area (Å²) in [4.78, 5) is 94.0. The third-order valence-electron chi connectivity index (χ3n) is 14.5. The van der Waals surface area contributed by atoms with Crippen LogP contribution < -0.4 is 0 Å². The van der Waals surface area contributed by atoms with Gasteiger partial charge in [-0.1, -0.05) is 20.8 Å². The number of epoxide rings is 1. The van der Waals surface area contributed by atoms with Crippen LogP contribution in [0.3, 0.4) is 0 Å². The van der Waals surface area contributed by atoms with E-state index in [-0.39, 0.29) is 12.2 Å². The molecule has 2 heterocycles. The van der Waals surface area contributed by atoms with Crippen molar-refractivity contribution in [1.29, 1.82) is 0 Å². The Hall–Kier alpha value is -3.89. The number of esters is 6. The molecule has 2 N–H and O–H groups in total. The topological polar surface area (TPSA) is 228 Å². The van der Waals surface area contributed by atoms with E-state index in [0.717, 1.165) is 27.7 Å². The molecule has 16 nitrogen and oxygen atoms in total. The molecular weight excluding hydrogens is 712 g/mol. The van der Waals surface area contributed by atoms with Crippen molar-refractivity contribution in [3.63, 3.8) is 0 Å². The molecule has 0 radical (unpaired) electrons. The third kappa shape index (κ3) is 4.68. The minimum atomic E-state index is -2.43. The van der Waals surface area contributed by atoms with Gasteiger partial charge < -0.3 is 43.4 Å². The van der Waals surface area contributed by atoms with Crippen molar-refractivity contribution in [2.24, 2.45) is 51.8 Å². The number of fused-ring (bicyclic) bond motifs is 10. The smallest absolute Gasteiger partial charge is 0.343 e. The zero-order valence-corrected chi connectivity index (χ0v) is 31.9. The molecule has 0 aromatic carbocycles. The lowest BCUT2D eigenvalue weighted by molar-refractivity contribution is -0.297. The summed E-state index contributed by atoms with van der Waals surface area (Å²) in [6.07, 6.45) is -7.41. The van der Waals surface area contributed by atoms with Gasteiger partial charge in [0.05, 0.1) is 16.9 Å². The first-order valence-corrected chi connectivity index (χ1v) is 18.4. The van der Waals surface area contributed by atoms with Crippen LogP contribution in [0, 0.1) is 51.8 Å². The van der Waals surface area contributed by atoms with Gasteiger partial charge in [-0.25, -0.2) is 4.79 Å². The summed E-state index contributed by atoms with van der Waals surface area (Å²) in [7, 11) is 0. The third-order valence-corrected chi connectivity index (χ3v) is 14.5. The summed E-state index contributed by atoms with van der Waals surface area (Å²) in [6, 6.07) is 0. The number of hydrogen-bond acceptors (Lipinski definition) is 16. The van der Waals surface area contributed by atoms with Crippen LogP contribution in [0.4, 0.5) is 0 Å². The highest BCUT2D eigenvalue weighted by atomic mass is 16.6. The Morgan fingerprint density at radius 1 is 0.722 bits per heavy atom. The summed E-state index contributed by atoms with van der Waals surface area (Å²) in [5.74, 6) is -11.8. The van der Waals surface area contributed by atoms with Gasteiger partial charge in [-0.05, 0) is 31.8 Å². The van der Waals surface area contributed by atoms with E-state index in [9.17, 15) is 39.0 Å². The molecule has 18 atom stereocenters. The van der Waals surface area contributed by atoms with Crippen LogP contribution in [-0.2, 0) is 66.7 Å². The Bertz CT molecular complexity index is 1780. The first-order chi connectivity index (χ1) is 24.9. The van der Waals surface area contributed by atoms with Crippen molar-refractivity contribution in [1.82, 2.24) is 0 Å². The molecular formula is C38H48O16. The van der Waals surface area contributed by atoms with E-state index in [1.54, 1.807) is 19.9 Å². The van der Waals surface area contributed by atoms with Crippen LogP contribution >= 0.6 is 0 Å². The van der Waals surface area contributed by atoms with Crippen LogP contribution in [-0.4, -0.2) is 106 Å². The monoisotopic (exact) mass is 760 g/mol. The Labute approximate surface area is 311 Å². The minimum Gasteiger partial charge on any atom is -0.462 e. The maximum atomic E-state index is 15.1. The number of carbonyl (C=O) groups is 7. The number of ketones is 1. The number of aliphatic hydroxyl groups is 2. The quantitative estimate of drug-likeness (QED) is 0.227. The molecule has 2 aliphatic heterocycles. The first-order valence-electron chi connectivity index (χ1n) is 18.4. The van der Waals surface area contributed by atoms with Crippen LogP contribution in [0.15, 0.2) is 11.8 Å². The van der Waals surface area contributed by atoms with E-state index in [1.807, 2.05) is 6.92 Å². The van der Waals surface area contributed by atoms with E-state index in [0.29, 0.717) is 0 Å². The van der Waals surface area contributed by atoms with Crippen molar-refractivity contribution in [3.8, 4) is 0 Å². The SMILES string of the molecule is CC(=O)O[C@@H]1[C@H]2[C@H]3[C@H]([C@H](OC(C)=O)[C@H](OC(C)=O)[C@]2(C)[C@@H]2[C@@H]1[C@]1(C)C(=C[C@H]2C)OC(=O)[C@@]1(C)O)[C@@]1(C)[C@@H](OC(C)=O)[C@H]2O[C@H]2C[C@]1(O)C(=O)[C@@H]3OC(C)=O. The van der Waals surface area contributed by atoms with Gasteiger partial charge >= 0.3 is 35.8 Å². The Balaban J connectivity index is 1.59. The number of rotatable bonds is 5. The number of ether oxygens (including phenoxy) is 7. The zero-order valence-electron chi connectivity index (χ0n) is 31.9. The maximum Gasteiger partial charge on any atom is 0.343 e. The van der Waals surface area contributed by atoms with Gasteiger partial charge in [0.25, 0.3) is 0 Å². The zero-order chi connectivity index (χ0) is 40.0. The van der Waals surface area contributed by atoms with Crippen LogP contribution in [0.5, 0.6) is 0 Å². The Morgan fingerprint density at radius 2 is 1.26 bits per heavy atom. The number of hydrogen-bond donors (Lipinski definition) is 2. The highest BCUT2D eigenvalue weighted by Gasteiger charge is 2.86. The fourth-order valence-electron chi connectivity index (χ4n) is 12.5. The van der Waals surface area contributed by atoms with Gasteiger partial charge in [-0.2, -0.15) is 0 Å². The average Bonchev–Trinajstić information content (AvgIpc) is 3.70. The van der Waals surface area contributed by atoms with Gasteiger partial charge in [0.15, 0.2) is 11.7 Å². The average molecular weight is 761 g/mol. The molecule has 7 rings (SSSR count). The lowest BCUT2D eigenvalue weighted by Gasteiger charge is -2.67. The highest BCUT2D eigenvalue weighted by Crippen LogP contribution is 2.76. The Morgan fingerprint density at radius 3 is 1.81 bits per heavy atom. The first kappa shape index (κ1) is 38.4. The molecule has 0 aromatic heterocycles. The van der Waals surface area contributed by atoms with E-state index < -0.39 is 147 Å². The predicted molar refractivity (Wildman–Crippen MR) is 177 cm³/mol. The van der Waals surface area contributed by atoms with Gasteiger partial charge in [0.2, 0.25) is 5.78 Å². The lowest BCUT2D eigenvalue weighted by atomic mass is 9.39. The van der Waals surface area contributed by atoms with Gasteiger partial charge in [0.1, 0.15) is 41.9 Å². The van der Waals surface area contributed by atoms with Crippen molar-refractivity contribution in [3.05, 3.63) is 11.8 Å². The van der Waals surface area contributed by atoms with E-state index in [4.69, 9.17) is 33.2 Å². The number of carbonyl (C=O) groups excluding carboxylic acids is 7. The molecule has 16 heteroatoms. The summed E-state index contributed by atoms with van der Waals surface area (Å²) < 4.78 is 42.1. The predicted octanol–water partition coefficient (Wildman–Crippen LogP) is 1.10. The molecule has 7 aliphatic rings. The fourth-order valence-corrected chi connectivity index (χ4v) is 12.5. The molecule has 0 bridgehead atoms. The molecule has 0 unspecified atom stereocenters. The number of allylic oxidation sites excluding steroid dienone is 1. The normalized spacial score (nSPS) is 50.6. The molecule has 0 amide bonds. The van der Waals surface area contributed by atoms with E-state index in [2.05, 4.69) is 0 Å². The van der Waals surface area contributed by atoms with Crippen molar-refractivity contribution in [2.45, 2.75) is 130 Å². The molecule has 54 heavy (non-hydrogen) atoms. The molecule has 0 spiro atoms. The molecule has 6 fully saturated rings. The van der Waals surface area contributed by atoms with Crippen LogP contribution in [0.1, 0.15) is 75.7 Å². The van der Waals surface area contributed by atoms with Crippen LogP contribution in [0.25, 0.3) is 0 Å². The standard InChI is InChI=1S/C38H48O16/c1-13-11-20-35(8,37(10,46)33(45)54-20)25-22(13)34(7)23(28(25)49-15(3)40)21-24(29(50-16(4)41)31(34)51-17(5)42)36(9)32(52-18(6)43)26-19(53-26)12-38(36,47)30(44)27(21)48-14(2)39/h11,13,19,21-29,31-32,46-47H,12H2,1-10H3/t13-,19+,21+,22+,23-,24-,25+,26+,27-,28-,29+,31+,32+,34-,35+,36+,37-,38+/m1/s1. The Kier molecular flexibility index (Phi) is 8.39. The number of Topliss-reactive ketones (excluding diaryl/α,β-unsaturated/α-hetero) is 1. The van der Waals surface area contributed by atoms with Crippen LogP contribution in [0.2, 0.25) is 0 Å². The highest BCUT2D eigenvalue weighted by molar-refractivity contribution is 5.95. The fraction of sp³-hybridized carbons (Fsp3) is 0.763. The molecule has 5 aliphatic carbocycles. The van der Waals surface area contributed by atoms with Gasteiger partial charge in [-0.15, -0.1) is 0 Å². The summed E-state index contributed by atoms with van der Waals surface area (Å²) in [5.41, 5.74) is -9.51. The maximum absolute atomic E-state index is 15.1.